The number of nitrogens with one attached hydrogen (secondary N) is 9. The van der Waals surface area contributed by atoms with E-state index in [2.05, 4.69) is 77.8 Å². The van der Waals surface area contributed by atoms with Gasteiger partial charge >= 0.3 is 7.82 Å². The van der Waals surface area contributed by atoms with Gasteiger partial charge in [-0.3, -0.25) is 87.2 Å². The second-order valence-electron chi connectivity index (χ2n) is 25.9. The predicted molar refractivity (Wildman–Crippen MR) is 405 cm³/mol. The SMILES string of the molecule is C[C@@H](OP(=O)(O)O)[C@H]1NC(=O)[C@@H](CCCN=C(N)N)NC(=O)[C@@H](CCCN=C(N)N)NC(=O)[C@H](CCC(N)=O)NC(=O)[C@@H](CCCN=C(N)N)NC(=O)[C@@H](CCCN=C(N)N)NC(=O)[C@@H](CCCN=C(N)N)NC(=O)[C@@H](CCCN=C(N)N)NC(=O)[C@H](Cc2ccc3ccccc3c2)NC(=O)[C@@H]2CCCCN2C1=O. The van der Waals surface area contributed by atoms with E-state index in [1.807, 2.05) is 18.2 Å². The topological polar surface area (TPSA) is 778 Å². The van der Waals surface area contributed by atoms with Crippen LogP contribution >= 0.6 is 7.82 Å². The summed E-state index contributed by atoms with van der Waals surface area (Å²) in [6.07, 6.45) is -4.81. The zero-order chi connectivity index (χ0) is 80.9. The Kier molecular flexibility index (Phi) is 37.9. The van der Waals surface area contributed by atoms with Gasteiger partial charge in [0.05, 0.1) is 6.10 Å². The maximum Gasteiger partial charge on any atom is 0.469 e. The lowest BCUT2D eigenvalue weighted by molar-refractivity contribution is -0.148. The van der Waals surface area contributed by atoms with Gasteiger partial charge in [0.15, 0.2) is 35.8 Å². The molecule has 2 saturated heterocycles. The largest absolute Gasteiger partial charge is 0.469 e. The van der Waals surface area contributed by atoms with E-state index >= 15 is 24.0 Å². The van der Waals surface area contributed by atoms with Crippen molar-refractivity contribution >= 4 is 119 Å². The van der Waals surface area contributed by atoms with E-state index in [0.717, 1.165) is 22.6 Å². The zero-order valence-corrected chi connectivity index (χ0v) is 61.7. The Bertz CT molecular complexity index is 3680. The third kappa shape index (κ3) is 33.9. The standard InChI is InChI=1S/C64H108N29O15P/c1-34(108-109(105,106)107)48-58(104)93-31-5-4-20-46(93)57(103)91-45(33-35-21-22-36-12-2-3-13-37(36)32-35)56(102)89-42(18-10-29-82-63(74)75)52(98)85-39(15-7-26-79-60(68)69)49(95)84-38(14-6-25-78-59(66)67)50(96)86-41(17-9-28-81-62(72)73)53(99)90-44(23-24-47(65)94)54(100)87-40(16-8-27-80-61(70)71)51(97)88-43(55(101)92-48)19-11-30-83-64(76)77/h2-3,12-13,21-22,32,34,38-46,48H,4-11,14-20,23-31,33H2,1H3,(H2,65,94)(H,84,95)(H,85,98)(H,86,96)(H,87,100)(H,88,97)(H,89,102)(H,90,99)(H,91,103)(H,92,101)(H4,66,67,78)(H4,68,69,79)(H4,70,71,80)(H4,72,73,81)(H4,74,75,82)(H4,76,77,83)(H2,105,106,107)/t34-,38-,39-,40-,41-,42-,43-,44+,45+,46+,48-/m1/s1. The Labute approximate surface area is 628 Å². The van der Waals surface area contributed by atoms with Crippen molar-refractivity contribution < 1.29 is 71.6 Å². The number of phosphoric acid groups is 1. The lowest BCUT2D eigenvalue weighted by Gasteiger charge is -2.39. The number of carbonyl (C=O) groups excluding carboxylic acids is 11. The molecule has 0 bridgehead atoms. The van der Waals surface area contributed by atoms with Crippen molar-refractivity contribution in [3.8, 4) is 0 Å². The molecule has 604 valence electrons. The van der Waals surface area contributed by atoms with Gasteiger partial charge in [-0.05, 0) is 126 Å². The Morgan fingerprint density at radius 2 is 0.752 bits per heavy atom. The number of hydrogen-bond acceptors (Lipinski definition) is 19. The van der Waals surface area contributed by atoms with E-state index in [1.165, 1.54) is 0 Å². The summed E-state index contributed by atoms with van der Waals surface area (Å²) in [5.41, 5.74) is 73.6. The highest BCUT2D eigenvalue weighted by atomic mass is 31.2. The van der Waals surface area contributed by atoms with Crippen molar-refractivity contribution in [3.63, 3.8) is 0 Å². The predicted octanol–water partition coefficient (Wildman–Crippen LogP) is -8.77. The molecule has 0 saturated carbocycles. The van der Waals surface area contributed by atoms with Crippen molar-refractivity contribution in [2.24, 2.45) is 104 Å². The molecular weight excluding hydrogens is 1450 g/mol. The first-order valence-electron chi connectivity index (χ1n) is 35.4. The van der Waals surface area contributed by atoms with Gasteiger partial charge in [0.25, 0.3) is 0 Å². The Morgan fingerprint density at radius 3 is 1.08 bits per heavy atom. The molecule has 2 aliphatic heterocycles. The third-order valence-electron chi connectivity index (χ3n) is 17.1. The summed E-state index contributed by atoms with van der Waals surface area (Å²) in [6, 6.07) is -4.38. The second-order valence-corrected chi connectivity index (χ2v) is 27.1. The number of fused-ring (bicyclic) bond motifs is 2. The third-order valence-corrected chi connectivity index (χ3v) is 17.7. The number of hydrogen-bond donors (Lipinski definition) is 24. The molecule has 0 aliphatic carbocycles. The number of rotatable bonds is 32. The summed E-state index contributed by atoms with van der Waals surface area (Å²) in [4.78, 5) is 208. The van der Waals surface area contributed by atoms with Crippen LogP contribution in [0.4, 0.5) is 0 Å². The average molecular weight is 1550 g/mol. The number of benzene rings is 2. The molecule has 2 heterocycles. The molecule has 11 amide bonds. The van der Waals surface area contributed by atoms with Gasteiger partial charge in [-0.25, -0.2) is 4.57 Å². The Balaban J connectivity index is 2.07. The van der Waals surface area contributed by atoms with E-state index < -0.39 is 152 Å². The summed E-state index contributed by atoms with van der Waals surface area (Å²) < 4.78 is 17.7. The molecule has 2 aromatic carbocycles. The van der Waals surface area contributed by atoms with E-state index in [0.29, 0.717) is 12.0 Å². The number of primary amides is 1. The molecule has 2 aromatic rings. The van der Waals surface area contributed by atoms with Gasteiger partial charge in [-0.1, -0.05) is 42.5 Å². The minimum Gasteiger partial charge on any atom is -0.370 e. The van der Waals surface area contributed by atoms with Crippen LogP contribution in [0, 0.1) is 0 Å². The molecule has 109 heavy (non-hydrogen) atoms. The minimum absolute atomic E-state index is 0.00301. The molecule has 2 fully saturated rings. The highest BCUT2D eigenvalue weighted by Gasteiger charge is 2.43. The Morgan fingerprint density at radius 1 is 0.440 bits per heavy atom. The van der Waals surface area contributed by atoms with Crippen molar-refractivity contribution in [1.82, 2.24) is 52.8 Å². The normalized spacial score (nSPS) is 22.2. The van der Waals surface area contributed by atoms with Crippen LogP contribution in [0.3, 0.4) is 0 Å². The fourth-order valence-corrected chi connectivity index (χ4v) is 12.3. The minimum atomic E-state index is -5.54. The fourth-order valence-electron chi connectivity index (χ4n) is 11.7. The van der Waals surface area contributed by atoms with Crippen molar-refractivity contribution in [2.75, 3.05) is 45.8 Å². The molecule has 44 nitrogen and oxygen atoms in total. The summed E-state index contributed by atoms with van der Waals surface area (Å²) in [7, 11) is -5.54. The Hall–Kier alpha value is -11.4. The van der Waals surface area contributed by atoms with E-state index in [9.17, 15) is 43.1 Å². The van der Waals surface area contributed by atoms with Crippen LogP contribution in [0.5, 0.6) is 0 Å². The first kappa shape index (κ1) is 90.0. The van der Waals surface area contributed by atoms with Crippen LogP contribution in [-0.4, -0.2) is 228 Å². The van der Waals surface area contributed by atoms with Crippen LogP contribution in [0.25, 0.3) is 10.8 Å². The molecule has 0 spiro atoms. The van der Waals surface area contributed by atoms with E-state index in [4.69, 9.17) is 79.1 Å². The second kappa shape index (κ2) is 46.0. The fraction of sp³-hybridized carbons (Fsp3) is 0.578. The molecule has 0 aromatic heterocycles. The van der Waals surface area contributed by atoms with Crippen LogP contribution in [0.1, 0.15) is 122 Å². The van der Waals surface area contributed by atoms with Crippen LogP contribution in [0.15, 0.2) is 72.4 Å². The molecule has 0 radical (unpaired) electrons. The van der Waals surface area contributed by atoms with Crippen LogP contribution < -0.4 is 122 Å². The zero-order valence-electron chi connectivity index (χ0n) is 60.9. The number of carbonyl (C=O) groups is 11. The van der Waals surface area contributed by atoms with Gasteiger partial charge in [0, 0.05) is 58.7 Å². The van der Waals surface area contributed by atoms with Crippen molar-refractivity contribution in [1.29, 1.82) is 0 Å². The van der Waals surface area contributed by atoms with Crippen molar-refractivity contribution in [3.05, 3.63) is 48.0 Å². The number of amides is 11. The van der Waals surface area contributed by atoms with Gasteiger partial charge in [-0.15, -0.1) is 0 Å². The maximum absolute atomic E-state index is 15.4. The lowest BCUT2D eigenvalue weighted by Crippen LogP contribution is -2.64. The quantitative estimate of drug-likeness (QED) is 0.0140. The molecule has 0 unspecified atom stereocenters. The summed E-state index contributed by atoms with van der Waals surface area (Å²) >= 11 is 0. The number of piperidine rings is 1. The first-order valence-corrected chi connectivity index (χ1v) is 36.9. The number of nitrogens with two attached hydrogens (primary N) is 13. The number of nitrogens with zero attached hydrogens (tertiary/aromatic N) is 7. The summed E-state index contributed by atoms with van der Waals surface area (Å²) in [5, 5.41) is 25.0. The van der Waals surface area contributed by atoms with E-state index in [1.54, 1.807) is 24.3 Å². The van der Waals surface area contributed by atoms with Crippen molar-refractivity contribution in [2.45, 2.75) is 189 Å². The summed E-state index contributed by atoms with van der Waals surface area (Å²) in [5.74, 6) is -13.6. The van der Waals surface area contributed by atoms with Gasteiger partial charge in [0.1, 0.15) is 60.4 Å². The molecule has 45 heteroatoms. The van der Waals surface area contributed by atoms with Gasteiger partial charge in [0.2, 0.25) is 65.0 Å². The smallest absolute Gasteiger partial charge is 0.370 e. The van der Waals surface area contributed by atoms with Gasteiger partial charge < -0.3 is 137 Å². The molecular formula is C64H108N29O15P. The monoisotopic (exact) mass is 1550 g/mol. The van der Waals surface area contributed by atoms with Crippen LogP contribution in [0.2, 0.25) is 0 Å². The lowest BCUT2D eigenvalue weighted by atomic mass is 9.97. The highest BCUT2D eigenvalue weighted by molar-refractivity contribution is 7.46. The molecule has 4 rings (SSSR count). The maximum atomic E-state index is 15.4. The molecule has 2 aliphatic rings. The molecule has 11 atom stereocenters. The highest BCUT2D eigenvalue weighted by Crippen LogP contribution is 2.38. The number of phosphoric ester groups is 1. The van der Waals surface area contributed by atoms with Gasteiger partial charge in [-0.2, -0.15) is 0 Å². The summed E-state index contributed by atoms with van der Waals surface area (Å²) in [6.45, 7) is 0.115. The van der Waals surface area contributed by atoms with Crippen LogP contribution in [-0.2, 0) is 68.2 Å². The molecule has 37 N–H and O–H groups in total. The number of guanidine groups is 6. The number of aliphatic imine (C=N–C) groups is 6. The first-order chi connectivity index (χ1) is 51.5. The average Bonchev–Trinajstić information content (AvgIpc) is 0.809. The van der Waals surface area contributed by atoms with E-state index in [-0.39, 0.29) is 178 Å².